The molecule has 0 atom stereocenters. The lowest BCUT2D eigenvalue weighted by molar-refractivity contribution is 0.109. The topological polar surface area (TPSA) is 81.1 Å². The molecule has 2 heterocycles. The summed E-state index contributed by atoms with van der Waals surface area (Å²) in [7, 11) is 1.92. The zero-order valence-electron chi connectivity index (χ0n) is 20.5. The molecule has 0 saturated heterocycles. The average molecular weight is 512 g/mol. The molecule has 0 aliphatic heterocycles. The summed E-state index contributed by atoms with van der Waals surface area (Å²) in [5.41, 5.74) is 3.34. The van der Waals surface area contributed by atoms with E-state index in [1.165, 1.54) is 33.2 Å². The summed E-state index contributed by atoms with van der Waals surface area (Å²) in [6, 6.07) is 6.82. The number of nitrogens with one attached hydrogen (secondary N) is 2. The second-order valence-corrected chi connectivity index (χ2v) is 12.2. The van der Waals surface area contributed by atoms with E-state index in [2.05, 4.69) is 33.9 Å². The monoisotopic (exact) mass is 511 g/mol. The van der Waals surface area contributed by atoms with E-state index in [1.54, 1.807) is 4.68 Å². The van der Waals surface area contributed by atoms with Crippen molar-refractivity contribution in [2.75, 3.05) is 5.32 Å². The lowest BCUT2D eigenvalue weighted by Gasteiger charge is -2.28. The first-order chi connectivity index (χ1) is 16.9. The Morgan fingerprint density at radius 2 is 1.94 bits per heavy atom. The number of nitrogens with zero attached hydrogens (tertiary/aromatic N) is 3. The molecule has 2 aliphatic carbocycles. The lowest BCUT2D eigenvalue weighted by Crippen LogP contribution is -2.38. The molecule has 2 aromatic heterocycles. The maximum Gasteiger partial charge on any atom is 0.407 e. The Balaban J connectivity index is 1.26. The van der Waals surface area contributed by atoms with Crippen LogP contribution in [0.4, 0.5) is 16.2 Å². The Hall–Kier alpha value is -2.52. The Bertz CT molecular complexity index is 1160. The summed E-state index contributed by atoms with van der Waals surface area (Å²) < 4.78 is 7.03. The van der Waals surface area contributed by atoms with E-state index in [4.69, 9.17) is 9.72 Å². The predicted molar refractivity (Wildman–Crippen MR) is 143 cm³/mol. The van der Waals surface area contributed by atoms with Crippen LogP contribution in [-0.2, 0) is 11.8 Å². The van der Waals surface area contributed by atoms with Crippen LogP contribution in [-0.4, -0.2) is 38.3 Å². The molecule has 9 heteroatoms. The summed E-state index contributed by atoms with van der Waals surface area (Å²) >= 11 is 3.80. The highest BCUT2D eigenvalue weighted by molar-refractivity contribution is 8.00. The Labute approximate surface area is 215 Å². The molecule has 2 fully saturated rings. The van der Waals surface area contributed by atoms with E-state index in [9.17, 15) is 4.79 Å². The molecule has 186 valence electrons. The molecule has 0 bridgehead atoms. The van der Waals surface area contributed by atoms with Gasteiger partial charge in [0.25, 0.3) is 0 Å². The Morgan fingerprint density at radius 1 is 1.14 bits per heavy atom. The molecule has 35 heavy (non-hydrogen) atoms. The van der Waals surface area contributed by atoms with Crippen LogP contribution in [0.25, 0.3) is 10.4 Å². The summed E-state index contributed by atoms with van der Waals surface area (Å²) in [4.78, 5) is 19.3. The van der Waals surface area contributed by atoms with Gasteiger partial charge in [0.1, 0.15) is 0 Å². The van der Waals surface area contributed by atoms with Crippen LogP contribution < -0.4 is 10.6 Å². The fourth-order valence-corrected chi connectivity index (χ4v) is 6.84. The molecule has 2 aliphatic rings. The highest BCUT2D eigenvalue weighted by Gasteiger charge is 2.27. The van der Waals surface area contributed by atoms with Crippen molar-refractivity contribution in [3.8, 4) is 10.4 Å². The van der Waals surface area contributed by atoms with Crippen LogP contribution in [0.15, 0.2) is 41.7 Å². The van der Waals surface area contributed by atoms with Crippen molar-refractivity contribution in [2.24, 2.45) is 7.05 Å². The number of carbonyl (C=O) groups excluding carboxylic acids is 1. The smallest absolute Gasteiger partial charge is 0.407 e. The molecule has 1 aromatic carbocycles. The Morgan fingerprint density at radius 3 is 2.63 bits per heavy atom. The van der Waals surface area contributed by atoms with Crippen LogP contribution in [0.1, 0.15) is 63.3 Å². The molecule has 5 rings (SSSR count). The minimum absolute atomic E-state index is 0.0942. The van der Waals surface area contributed by atoms with E-state index in [0.29, 0.717) is 5.92 Å². The standard InChI is InChI=1S/C26H33N5O2S2/c1-16(2)33-26(32)30-18-6-4-17(5-7-18)25-27-14-24(35-25)22-11-8-19(12-23(22)34-21-9-10-21)29-20-13-28-31(3)15-20/h8,11-18,21,29H,4-7,9-10H2,1-3H3,(H,30,32). The molecule has 1 amide bonds. The molecule has 0 spiro atoms. The molecule has 2 saturated carbocycles. The lowest BCUT2D eigenvalue weighted by atomic mass is 9.86. The van der Waals surface area contributed by atoms with Gasteiger partial charge in [0.05, 0.1) is 27.9 Å². The molecule has 7 nitrogen and oxygen atoms in total. The van der Waals surface area contributed by atoms with Gasteiger partial charge < -0.3 is 15.4 Å². The van der Waals surface area contributed by atoms with E-state index >= 15 is 0 Å². The van der Waals surface area contributed by atoms with Gasteiger partial charge in [-0.25, -0.2) is 9.78 Å². The fourth-order valence-electron chi connectivity index (χ4n) is 4.42. The summed E-state index contributed by atoms with van der Waals surface area (Å²) in [6.07, 6.45) is 12.1. The van der Waals surface area contributed by atoms with Crippen LogP contribution in [0, 0.1) is 0 Å². The highest BCUT2D eigenvalue weighted by Crippen LogP contribution is 2.46. The van der Waals surface area contributed by atoms with Crippen LogP contribution in [0.5, 0.6) is 0 Å². The minimum Gasteiger partial charge on any atom is -0.447 e. The molecule has 0 radical (unpaired) electrons. The number of aryl methyl sites for hydroxylation is 1. The molecule has 2 N–H and O–H groups in total. The van der Waals surface area contributed by atoms with Gasteiger partial charge in [-0.1, -0.05) is 6.07 Å². The third-order valence-corrected chi connectivity index (χ3v) is 8.91. The number of hydrogen-bond donors (Lipinski definition) is 2. The van der Waals surface area contributed by atoms with Crippen molar-refractivity contribution in [3.05, 3.63) is 41.8 Å². The zero-order valence-corrected chi connectivity index (χ0v) is 22.1. The number of amides is 1. The number of carbonyl (C=O) groups is 1. The first-order valence-corrected chi connectivity index (χ1v) is 14.1. The van der Waals surface area contributed by atoms with E-state index < -0.39 is 0 Å². The number of aromatic nitrogens is 3. The van der Waals surface area contributed by atoms with E-state index in [1.807, 2.05) is 62.6 Å². The van der Waals surface area contributed by atoms with Crippen molar-refractivity contribution in [2.45, 2.75) is 80.6 Å². The van der Waals surface area contributed by atoms with E-state index in [-0.39, 0.29) is 18.2 Å². The SMILES string of the molecule is CC(C)OC(=O)NC1CCC(c2ncc(-c3ccc(Nc4cnn(C)c4)cc3SC3CC3)s2)CC1. The molecular formula is C26H33N5O2S2. The van der Waals surface area contributed by atoms with Crippen molar-refractivity contribution in [3.63, 3.8) is 0 Å². The number of hydrogen-bond acceptors (Lipinski definition) is 7. The normalized spacial score (nSPS) is 20.1. The quantitative estimate of drug-likeness (QED) is 0.350. The first-order valence-electron chi connectivity index (χ1n) is 12.4. The second kappa shape index (κ2) is 10.6. The number of ether oxygens (including phenoxy) is 1. The van der Waals surface area contributed by atoms with Gasteiger partial charge in [-0.15, -0.1) is 23.1 Å². The van der Waals surface area contributed by atoms with Gasteiger partial charge in [-0.3, -0.25) is 4.68 Å². The third-order valence-electron chi connectivity index (χ3n) is 6.32. The van der Waals surface area contributed by atoms with Gasteiger partial charge in [0, 0.05) is 52.8 Å². The van der Waals surface area contributed by atoms with Gasteiger partial charge in [-0.05, 0) is 64.5 Å². The summed E-state index contributed by atoms with van der Waals surface area (Å²) in [6.45, 7) is 3.74. The summed E-state index contributed by atoms with van der Waals surface area (Å²) in [5.74, 6) is 0.457. The summed E-state index contributed by atoms with van der Waals surface area (Å²) in [5, 5.41) is 12.7. The fraction of sp³-hybridized carbons (Fsp3) is 0.500. The van der Waals surface area contributed by atoms with Crippen molar-refractivity contribution in [1.29, 1.82) is 0 Å². The maximum atomic E-state index is 11.9. The number of rotatable bonds is 8. The number of thioether (sulfide) groups is 1. The van der Waals surface area contributed by atoms with Crippen LogP contribution in [0.2, 0.25) is 0 Å². The third kappa shape index (κ3) is 6.38. The largest absolute Gasteiger partial charge is 0.447 e. The number of anilines is 2. The molecule has 0 unspecified atom stereocenters. The second-order valence-electron chi connectivity index (χ2n) is 9.77. The molecular weight excluding hydrogens is 478 g/mol. The van der Waals surface area contributed by atoms with Crippen molar-refractivity contribution < 1.29 is 9.53 Å². The highest BCUT2D eigenvalue weighted by atomic mass is 32.2. The van der Waals surface area contributed by atoms with E-state index in [0.717, 1.165) is 42.3 Å². The van der Waals surface area contributed by atoms with Crippen molar-refractivity contribution >= 4 is 40.6 Å². The minimum atomic E-state index is -0.304. The predicted octanol–water partition coefficient (Wildman–Crippen LogP) is 6.70. The first kappa shape index (κ1) is 24.2. The van der Waals surface area contributed by atoms with Gasteiger partial charge in [0.2, 0.25) is 0 Å². The van der Waals surface area contributed by atoms with Crippen LogP contribution >= 0.6 is 23.1 Å². The van der Waals surface area contributed by atoms with Crippen molar-refractivity contribution in [1.82, 2.24) is 20.1 Å². The van der Waals surface area contributed by atoms with Crippen LogP contribution in [0.3, 0.4) is 0 Å². The number of alkyl carbamates (subject to hydrolysis) is 1. The maximum absolute atomic E-state index is 11.9. The van der Waals surface area contributed by atoms with Gasteiger partial charge >= 0.3 is 6.09 Å². The van der Waals surface area contributed by atoms with Gasteiger partial charge in [-0.2, -0.15) is 5.10 Å². The number of benzene rings is 1. The van der Waals surface area contributed by atoms with Gasteiger partial charge in [0.15, 0.2) is 0 Å². The Kier molecular flexibility index (Phi) is 7.34. The molecule has 3 aromatic rings. The number of thiazole rings is 1. The average Bonchev–Trinajstić information content (AvgIpc) is 3.32. The zero-order chi connectivity index (χ0) is 24.4.